The summed E-state index contributed by atoms with van der Waals surface area (Å²) in [4.78, 5) is 22.9. The first-order chi connectivity index (χ1) is 12.9. The van der Waals surface area contributed by atoms with Gasteiger partial charge in [-0.2, -0.15) is 0 Å². The number of carbonyl (C=O) groups excluding carboxylic acids is 2. The van der Waals surface area contributed by atoms with E-state index in [-0.39, 0.29) is 4.92 Å². The molecule has 0 fully saturated rings. The maximum atomic E-state index is 11.6. The molecule has 5 nitrogen and oxygen atoms in total. The van der Waals surface area contributed by atoms with E-state index in [1.807, 2.05) is 26.0 Å². The molecule has 0 bridgehead atoms. The van der Waals surface area contributed by atoms with Gasteiger partial charge in [-0.3, -0.25) is 9.59 Å². The summed E-state index contributed by atoms with van der Waals surface area (Å²) in [5.41, 5.74) is 1.18. The molecule has 9 heteroatoms. The van der Waals surface area contributed by atoms with Crippen LogP contribution >= 0.6 is 59.9 Å². The Bertz CT molecular complexity index is 564. The average molecular weight is 748 g/mol. The molecule has 0 heterocycles. The quantitative estimate of drug-likeness (QED) is 0.284. The van der Waals surface area contributed by atoms with E-state index in [2.05, 4.69) is 75.3 Å². The fourth-order valence-corrected chi connectivity index (χ4v) is 1.42. The molecule has 0 saturated heterocycles. The van der Waals surface area contributed by atoms with Crippen molar-refractivity contribution < 1.29 is 19.2 Å². The van der Waals surface area contributed by atoms with Gasteiger partial charge in [0.15, 0.2) is 0 Å². The number of hydrogen-bond donors (Lipinski definition) is 2. The minimum atomic E-state index is -0.690. The molecule has 2 aromatic carbocycles. The summed E-state index contributed by atoms with van der Waals surface area (Å²) in [7, 11) is 3.25. The van der Waals surface area contributed by atoms with Gasteiger partial charge in [-0.05, 0) is 24.3 Å². The Hall–Kier alpha value is 0.114. The number of halogens is 3. The van der Waals surface area contributed by atoms with Crippen molar-refractivity contribution in [3.05, 3.63) is 60.7 Å². The zero-order chi connectivity index (χ0) is 21.1. The molecular formula is C18H24I3N2O3V. The molecule has 0 spiro atoms. The van der Waals surface area contributed by atoms with E-state index in [0.29, 0.717) is 11.4 Å². The first-order valence-corrected chi connectivity index (χ1v) is 21.3. The Kier molecular flexibility index (Phi) is 22.6. The number of para-hydroxylation sites is 2. The molecule has 2 N–H and O–H groups in total. The number of amides is 2. The summed E-state index contributed by atoms with van der Waals surface area (Å²) in [6.07, 6.45) is 0. The van der Waals surface area contributed by atoms with Crippen molar-refractivity contribution in [1.29, 1.82) is 0 Å². The van der Waals surface area contributed by atoms with Crippen molar-refractivity contribution in [2.24, 2.45) is 0 Å². The Morgan fingerprint density at radius 2 is 0.963 bits per heavy atom. The summed E-state index contributed by atoms with van der Waals surface area (Å²) in [5.74, 6) is -1.38. The maximum absolute atomic E-state index is 11.6. The fraction of sp³-hybridized carbons (Fsp3) is 0.222. The van der Waals surface area contributed by atoms with Gasteiger partial charge in [0.1, 0.15) is 0 Å². The SMILES string of the molecule is CC.COC.O=C(Nc1ccccc1)C(=O)Nc1ccccc1.[I][V]([I])[I]. The van der Waals surface area contributed by atoms with Crippen molar-refractivity contribution >= 4 is 83.1 Å². The van der Waals surface area contributed by atoms with E-state index in [0.717, 1.165) is 0 Å². The van der Waals surface area contributed by atoms with Crippen molar-refractivity contribution in [1.82, 2.24) is 0 Å². The van der Waals surface area contributed by atoms with Gasteiger partial charge >= 0.3 is 76.7 Å². The van der Waals surface area contributed by atoms with E-state index >= 15 is 0 Å². The van der Waals surface area contributed by atoms with Crippen LogP contribution in [0.1, 0.15) is 13.8 Å². The van der Waals surface area contributed by atoms with Gasteiger partial charge in [0.05, 0.1) is 0 Å². The average Bonchev–Trinajstić information content (AvgIpc) is 2.65. The van der Waals surface area contributed by atoms with E-state index in [9.17, 15) is 9.59 Å². The van der Waals surface area contributed by atoms with Crippen LogP contribution in [0.3, 0.4) is 0 Å². The molecule has 0 unspecified atom stereocenters. The second kappa shape index (κ2) is 20.8. The summed E-state index contributed by atoms with van der Waals surface area (Å²) in [6.45, 7) is 4.00. The Morgan fingerprint density at radius 3 is 1.19 bits per heavy atom. The molecule has 0 radical (unpaired) electrons. The minimum absolute atomic E-state index is 0.278. The Morgan fingerprint density at radius 1 is 0.741 bits per heavy atom. The van der Waals surface area contributed by atoms with Gasteiger partial charge in [-0.25, -0.2) is 0 Å². The number of methoxy groups -OCH3 is 1. The van der Waals surface area contributed by atoms with E-state index < -0.39 is 11.8 Å². The molecule has 0 aliphatic rings. The van der Waals surface area contributed by atoms with E-state index in [4.69, 9.17) is 0 Å². The zero-order valence-corrected chi connectivity index (χ0v) is 23.4. The van der Waals surface area contributed by atoms with Crippen molar-refractivity contribution in [2.45, 2.75) is 13.8 Å². The molecule has 0 saturated carbocycles. The summed E-state index contributed by atoms with van der Waals surface area (Å²) in [5, 5.41) is 5.02. The van der Waals surface area contributed by atoms with Gasteiger partial charge in [0.2, 0.25) is 0 Å². The van der Waals surface area contributed by atoms with Crippen LogP contribution in [0.5, 0.6) is 0 Å². The molecule has 0 aromatic heterocycles. The van der Waals surface area contributed by atoms with Gasteiger partial charge in [-0.15, -0.1) is 0 Å². The fourth-order valence-electron chi connectivity index (χ4n) is 1.42. The second-order valence-electron chi connectivity index (χ2n) is 4.24. The van der Waals surface area contributed by atoms with Crippen LogP contribution in [-0.2, 0) is 19.2 Å². The van der Waals surface area contributed by atoms with Crippen molar-refractivity contribution in [3.63, 3.8) is 0 Å². The van der Waals surface area contributed by atoms with Crippen LogP contribution in [0, 0.1) is 0 Å². The van der Waals surface area contributed by atoms with E-state index in [1.54, 1.807) is 62.8 Å². The zero-order valence-electron chi connectivity index (χ0n) is 15.6. The molecule has 2 amide bonds. The van der Waals surface area contributed by atoms with Crippen LogP contribution in [-0.4, -0.2) is 26.0 Å². The molecular weight excluding hydrogens is 724 g/mol. The first-order valence-electron chi connectivity index (χ1n) is 7.80. The number of carbonyl (C=O) groups is 2. The number of nitrogens with one attached hydrogen (secondary N) is 2. The van der Waals surface area contributed by atoms with Crippen molar-refractivity contribution in [3.8, 4) is 0 Å². The third-order valence-corrected chi connectivity index (χ3v) is 2.27. The second-order valence-corrected chi connectivity index (χ2v) is 39.6. The van der Waals surface area contributed by atoms with Crippen LogP contribution in [0.4, 0.5) is 11.4 Å². The van der Waals surface area contributed by atoms with Crippen LogP contribution in [0.2, 0.25) is 0 Å². The molecule has 2 rings (SSSR count). The normalized spacial score (nSPS) is 8.59. The molecule has 0 aliphatic heterocycles. The third-order valence-electron chi connectivity index (χ3n) is 2.27. The molecule has 2 aromatic rings. The monoisotopic (exact) mass is 748 g/mol. The van der Waals surface area contributed by atoms with Gasteiger partial charge in [0.25, 0.3) is 0 Å². The summed E-state index contributed by atoms with van der Waals surface area (Å²) < 4.78 is 4.25. The topological polar surface area (TPSA) is 67.4 Å². The number of hydrogen-bond acceptors (Lipinski definition) is 3. The third kappa shape index (κ3) is 19.2. The summed E-state index contributed by atoms with van der Waals surface area (Å²) >= 11 is 7.39. The molecule has 0 atom stereocenters. The van der Waals surface area contributed by atoms with Crippen LogP contribution < -0.4 is 10.6 Å². The van der Waals surface area contributed by atoms with Gasteiger partial charge < -0.3 is 15.4 Å². The predicted molar refractivity (Wildman–Crippen MR) is 136 cm³/mol. The number of benzene rings is 2. The van der Waals surface area contributed by atoms with Gasteiger partial charge in [-0.1, -0.05) is 50.2 Å². The number of anilines is 2. The Labute approximate surface area is 199 Å². The van der Waals surface area contributed by atoms with E-state index in [1.165, 1.54) is 0 Å². The first kappa shape index (κ1) is 29.3. The van der Waals surface area contributed by atoms with Gasteiger partial charge in [0, 0.05) is 25.6 Å². The molecule has 0 aliphatic carbocycles. The van der Waals surface area contributed by atoms with Crippen molar-refractivity contribution in [2.75, 3.05) is 24.9 Å². The standard InChI is InChI=1S/C14H12N2O2.C2H6O.C2H6.3HI.V/c17-13(15-11-7-3-1-4-8-11)14(18)16-12-9-5-2-6-10-12;1-3-2;1-2;;;;/h1-10H,(H,15,17)(H,16,18);1-2H3;1-2H3;3*1H;/q;;;;;;+3/p-3. The number of ether oxygens (including phenoxy) is 1. The molecule has 27 heavy (non-hydrogen) atoms. The molecule has 150 valence electrons. The number of rotatable bonds is 2. The predicted octanol–water partition coefficient (Wildman–Crippen LogP) is 6.21. The summed E-state index contributed by atoms with van der Waals surface area (Å²) in [6, 6.07) is 17.7. The van der Waals surface area contributed by atoms with Crippen LogP contribution in [0.15, 0.2) is 60.7 Å². The Balaban J connectivity index is 0. The van der Waals surface area contributed by atoms with Crippen LogP contribution in [0.25, 0.3) is 0 Å².